The molecule has 1 aromatic carbocycles. The van der Waals surface area contributed by atoms with E-state index >= 15 is 0 Å². The Morgan fingerprint density at radius 2 is 1.89 bits per heavy atom. The summed E-state index contributed by atoms with van der Waals surface area (Å²) in [5.74, 6) is 0.0738. The summed E-state index contributed by atoms with van der Waals surface area (Å²) in [6.07, 6.45) is -4.35. The molecule has 8 nitrogen and oxygen atoms in total. The van der Waals surface area contributed by atoms with Gasteiger partial charge in [0.15, 0.2) is 0 Å². The Morgan fingerprint density at radius 1 is 1.18 bits per heavy atom. The van der Waals surface area contributed by atoms with Crippen LogP contribution in [0.4, 0.5) is 24.7 Å². The largest absolute Gasteiger partial charge is 0.416 e. The van der Waals surface area contributed by atoms with E-state index < -0.39 is 23.0 Å². The molecule has 152 valence electrons. The second-order valence-electron chi connectivity index (χ2n) is 6.54. The third-order valence-corrected chi connectivity index (χ3v) is 4.61. The lowest BCUT2D eigenvalue weighted by atomic mass is 10.1. The number of hydrogen-bond donors (Lipinski definition) is 2. The molecule has 0 spiro atoms. The van der Waals surface area contributed by atoms with Gasteiger partial charge in [0, 0.05) is 52.0 Å². The van der Waals surface area contributed by atoms with Crippen molar-refractivity contribution in [1.82, 2.24) is 19.7 Å². The number of nitrogens with one attached hydrogen (secondary N) is 2. The number of anilines is 2. The molecule has 0 radical (unpaired) electrons. The minimum absolute atomic E-state index is 0.0738. The summed E-state index contributed by atoms with van der Waals surface area (Å²) in [5, 5.41) is 6.77. The van der Waals surface area contributed by atoms with E-state index in [-0.39, 0.29) is 5.82 Å². The first-order valence-electron chi connectivity index (χ1n) is 8.80. The van der Waals surface area contributed by atoms with Gasteiger partial charge < -0.3 is 10.2 Å². The standard InChI is InChI=1S/C17H21F3N6O2/c1-24-16(28)22-15(27)14(23-24)21-5-6-25-7-9-26(10-8-25)13-4-2-3-12(11-13)17(18,19)20/h2-4,11H,5-10H2,1H3,(H,21,23)(H,22,27,28). The van der Waals surface area contributed by atoms with E-state index in [0.29, 0.717) is 45.0 Å². The van der Waals surface area contributed by atoms with Crippen LogP contribution in [0.2, 0.25) is 0 Å². The van der Waals surface area contributed by atoms with Gasteiger partial charge in [-0.15, -0.1) is 5.10 Å². The fraction of sp³-hybridized carbons (Fsp3) is 0.471. The van der Waals surface area contributed by atoms with Crippen molar-refractivity contribution in [3.8, 4) is 0 Å². The lowest BCUT2D eigenvalue weighted by molar-refractivity contribution is -0.137. The summed E-state index contributed by atoms with van der Waals surface area (Å²) in [6, 6.07) is 5.35. The normalized spacial score (nSPS) is 15.6. The molecular formula is C17H21F3N6O2. The number of aryl methyl sites for hydroxylation is 1. The average molecular weight is 398 g/mol. The van der Waals surface area contributed by atoms with E-state index in [1.165, 1.54) is 19.2 Å². The van der Waals surface area contributed by atoms with Crippen LogP contribution in [0.3, 0.4) is 0 Å². The number of alkyl halides is 3. The van der Waals surface area contributed by atoms with Gasteiger partial charge in [-0.1, -0.05) is 6.07 Å². The summed E-state index contributed by atoms with van der Waals surface area (Å²) >= 11 is 0. The second-order valence-corrected chi connectivity index (χ2v) is 6.54. The maximum atomic E-state index is 12.9. The van der Waals surface area contributed by atoms with Crippen LogP contribution >= 0.6 is 0 Å². The summed E-state index contributed by atoms with van der Waals surface area (Å²) in [7, 11) is 1.44. The molecule has 2 heterocycles. The predicted molar refractivity (Wildman–Crippen MR) is 98.7 cm³/mol. The van der Waals surface area contributed by atoms with Gasteiger partial charge in [-0.25, -0.2) is 9.48 Å². The quantitative estimate of drug-likeness (QED) is 0.772. The molecule has 1 aliphatic rings. The van der Waals surface area contributed by atoms with Crippen LogP contribution in [0.5, 0.6) is 0 Å². The zero-order valence-corrected chi connectivity index (χ0v) is 15.3. The van der Waals surface area contributed by atoms with Crippen LogP contribution in [0.1, 0.15) is 5.56 Å². The van der Waals surface area contributed by atoms with Crippen molar-refractivity contribution in [2.45, 2.75) is 6.18 Å². The van der Waals surface area contributed by atoms with Crippen LogP contribution < -0.4 is 21.5 Å². The van der Waals surface area contributed by atoms with Crippen LogP contribution in [-0.2, 0) is 13.2 Å². The number of benzene rings is 1. The second kappa shape index (κ2) is 8.05. The number of rotatable bonds is 5. The molecule has 28 heavy (non-hydrogen) atoms. The molecule has 0 aliphatic carbocycles. The van der Waals surface area contributed by atoms with Crippen molar-refractivity contribution in [2.24, 2.45) is 7.05 Å². The maximum absolute atomic E-state index is 12.9. The van der Waals surface area contributed by atoms with E-state index in [0.717, 1.165) is 10.7 Å². The Bertz CT molecular complexity index is 931. The van der Waals surface area contributed by atoms with Crippen LogP contribution in [-0.4, -0.2) is 58.9 Å². The van der Waals surface area contributed by atoms with Crippen LogP contribution in [0.15, 0.2) is 33.9 Å². The van der Waals surface area contributed by atoms with Crippen molar-refractivity contribution < 1.29 is 13.2 Å². The first-order chi connectivity index (χ1) is 13.2. The smallest absolute Gasteiger partial charge is 0.369 e. The van der Waals surface area contributed by atoms with Gasteiger partial charge in [-0.3, -0.25) is 14.7 Å². The number of aromatic amines is 1. The number of nitrogens with zero attached hydrogens (tertiary/aromatic N) is 4. The molecule has 0 atom stereocenters. The van der Waals surface area contributed by atoms with Gasteiger partial charge in [0.2, 0.25) is 5.82 Å². The van der Waals surface area contributed by atoms with Crippen molar-refractivity contribution in [1.29, 1.82) is 0 Å². The third kappa shape index (κ3) is 4.71. The fourth-order valence-electron chi connectivity index (χ4n) is 3.03. The highest BCUT2D eigenvalue weighted by Crippen LogP contribution is 2.31. The van der Waals surface area contributed by atoms with Crippen LogP contribution in [0.25, 0.3) is 0 Å². The van der Waals surface area contributed by atoms with Gasteiger partial charge in [0.1, 0.15) is 0 Å². The molecule has 1 aliphatic heterocycles. The summed E-state index contributed by atoms with van der Waals surface area (Å²) in [6.45, 7) is 3.70. The Kier molecular flexibility index (Phi) is 5.73. The highest BCUT2D eigenvalue weighted by Gasteiger charge is 2.31. The van der Waals surface area contributed by atoms with Crippen molar-refractivity contribution in [3.63, 3.8) is 0 Å². The predicted octanol–water partition coefficient (Wildman–Crippen LogP) is 0.721. The van der Waals surface area contributed by atoms with E-state index in [9.17, 15) is 22.8 Å². The van der Waals surface area contributed by atoms with Gasteiger partial charge in [-0.2, -0.15) is 13.2 Å². The van der Waals surface area contributed by atoms with Gasteiger partial charge >= 0.3 is 11.9 Å². The average Bonchev–Trinajstić information content (AvgIpc) is 2.66. The first-order valence-corrected chi connectivity index (χ1v) is 8.80. The lowest BCUT2D eigenvalue weighted by Crippen LogP contribution is -2.47. The third-order valence-electron chi connectivity index (χ3n) is 4.61. The summed E-state index contributed by atoms with van der Waals surface area (Å²) in [4.78, 5) is 29.2. The van der Waals surface area contributed by atoms with E-state index in [1.807, 2.05) is 4.90 Å². The molecule has 0 saturated carbocycles. The van der Waals surface area contributed by atoms with Crippen LogP contribution in [0, 0.1) is 0 Å². The Labute approximate surface area is 158 Å². The molecule has 0 amide bonds. The molecule has 1 saturated heterocycles. The topological polar surface area (TPSA) is 86.3 Å². The molecule has 2 N–H and O–H groups in total. The molecule has 3 rings (SSSR count). The lowest BCUT2D eigenvalue weighted by Gasteiger charge is -2.36. The molecule has 1 fully saturated rings. The van der Waals surface area contributed by atoms with Gasteiger partial charge in [-0.05, 0) is 18.2 Å². The van der Waals surface area contributed by atoms with E-state index in [4.69, 9.17) is 0 Å². The number of H-pyrrole nitrogens is 1. The zero-order valence-electron chi connectivity index (χ0n) is 15.3. The fourth-order valence-corrected chi connectivity index (χ4v) is 3.03. The number of aromatic nitrogens is 3. The molecule has 1 aromatic heterocycles. The van der Waals surface area contributed by atoms with Crippen molar-refractivity contribution in [2.75, 3.05) is 49.5 Å². The van der Waals surface area contributed by atoms with E-state index in [1.54, 1.807) is 6.07 Å². The molecule has 2 aromatic rings. The SMILES string of the molecule is Cn1nc(NCCN2CCN(c3cccc(C(F)(F)F)c3)CC2)c(=O)[nH]c1=O. The zero-order chi connectivity index (χ0) is 20.3. The number of halogens is 3. The van der Waals surface area contributed by atoms with Gasteiger partial charge in [0.05, 0.1) is 5.56 Å². The monoisotopic (exact) mass is 398 g/mol. The number of piperazine rings is 1. The Balaban J connectivity index is 1.50. The minimum atomic E-state index is -4.35. The highest BCUT2D eigenvalue weighted by molar-refractivity contribution is 5.49. The Hall–Kier alpha value is -2.82. The summed E-state index contributed by atoms with van der Waals surface area (Å²) < 4.78 is 39.6. The minimum Gasteiger partial charge on any atom is -0.369 e. The van der Waals surface area contributed by atoms with Crippen molar-refractivity contribution >= 4 is 11.5 Å². The van der Waals surface area contributed by atoms with Gasteiger partial charge in [0.25, 0.3) is 5.56 Å². The maximum Gasteiger partial charge on any atom is 0.416 e. The van der Waals surface area contributed by atoms with Crippen molar-refractivity contribution in [3.05, 3.63) is 50.7 Å². The molecule has 0 bridgehead atoms. The number of hydrogen-bond acceptors (Lipinski definition) is 6. The molecule has 11 heteroatoms. The summed E-state index contributed by atoms with van der Waals surface area (Å²) in [5.41, 5.74) is -1.24. The van der Waals surface area contributed by atoms with E-state index in [2.05, 4.69) is 20.3 Å². The Morgan fingerprint density at radius 3 is 2.57 bits per heavy atom. The molecular weight excluding hydrogens is 377 g/mol. The highest BCUT2D eigenvalue weighted by atomic mass is 19.4. The molecule has 0 unspecified atom stereocenters. The first kappa shape index (κ1) is 19.9.